The summed E-state index contributed by atoms with van der Waals surface area (Å²) in [5.74, 6) is -0.949. The Morgan fingerprint density at radius 2 is 0.519 bits per heavy atom. The summed E-state index contributed by atoms with van der Waals surface area (Å²) in [5, 5.41) is 0. The van der Waals surface area contributed by atoms with Gasteiger partial charge in [0.15, 0.2) is 6.10 Å². The average Bonchev–Trinajstić information content (AvgIpc) is 3.43. The first-order valence-electron chi connectivity index (χ1n) is 33.1. The second-order valence-electron chi connectivity index (χ2n) is 22.0. The summed E-state index contributed by atoms with van der Waals surface area (Å²) >= 11 is 0. The fraction of sp³-hybridized carbons (Fsp3) is 0.761. The Balaban J connectivity index is 4.37. The van der Waals surface area contributed by atoms with Crippen LogP contribution in [0.25, 0.3) is 0 Å². The molecule has 0 fully saturated rings. The first-order chi connectivity index (χ1) is 38.0. The van der Waals surface area contributed by atoms with Crippen molar-refractivity contribution in [1.82, 2.24) is 0 Å². The van der Waals surface area contributed by atoms with Gasteiger partial charge < -0.3 is 14.2 Å². The summed E-state index contributed by atoms with van der Waals surface area (Å²) in [7, 11) is 0. The van der Waals surface area contributed by atoms with Gasteiger partial charge in [0.25, 0.3) is 0 Å². The fourth-order valence-corrected chi connectivity index (χ4v) is 9.41. The van der Waals surface area contributed by atoms with Gasteiger partial charge in [-0.15, -0.1) is 0 Å². The number of rotatable bonds is 60. The summed E-state index contributed by atoms with van der Waals surface area (Å²) in [6, 6.07) is 0. The second-order valence-corrected chi connectivity index (χ2v) is 22.0. The van der Waals surface area contributed by atoms with E-state index >= 15 is 0 Å². The minimum absolute atomic E-state index is 0.0989. The van der Waals surface area contributed by atoms with Gasteiger partial charge in [-0.1, -0.05) is 286 Å². The van der Waals surface area contributed by atoms with Gasteiger partial charge in [0.2, 0.25) is 0 Å². The van der Waals surface area contributed by atoms with E-state index in [0.717, 1.165) is 77.0 Å². The molecule has 0 aromatic heterocycles. The van der Waals surface area contributed by atoms with E-state index in [9.17, 15) is 14.4 Å². The van der Waals surface area contributed by atoms with E-state index in [1.54, 1.807) is 0 Å². The van der Waals surface area contributed by atoms with Gasteiger partial charge >= 0.3 is 17.9 Å². The summed E-state index contributed by atoms with van der Waals surface area (Å²) in [6.07, 6.45) is 86.0. The maximum absolute atomic E-state index is 12.9. The first kappa shape index (κ1) is 73.6. The number of carbonyl (C=O) groups excluding carboxylic acids is 3. The van der Waals surface area contributed by atoms with E-state index in [0.29, 0.717) is 19.3 Å². The zero-order chi connectivity index (χ0) is 55.7. The summed E-state index contributed by atoms with van der Waals surface area (Å²) < 4.78 is 16.9. The van der Waals surface area contributed by atoms with Crippen molar-refractivity contribution < 1.29 is 28.6 Å². The largest absolute Gasteiger partial charge is 0.462 e. The molecule has 0 spiro atoms. The van der Waals surface area contributed by atoms with Crippen LogP contribution in [0.2, 0.25) is 0 Å². The summed E-state index contributed by atoms with van der Waals surface area (Å²) in [4.78, 5) is 38.3. The molecule has 0 saturated heterocycles. The van der Waals surface area contributed by atoms with Crippen LogP contribution in [0.3, 0.4) is 0 Å². The quantitative estimate of drug-likeness (QED) is 0.0261. The third-order valence-electron chi connectivity index (χ3n) is 14.4. The molecule has 0 aromatic carbocycles. The molecule has 0 radical (unpaired) electrons. The lowest BCUT2D eigenvalue weighted by atomic mass is 10.0. The molecule has 444 valence electrons. The van der Waals surface area contributed by atoms with Crippen LogP contribution < -0.4 is 0 Å². The topological polar surface area (TPSA) is 78.9 Å². The number of carbonyl (C=O) groups is 3. The predicted octanol–water partition coefficient (Wildman–Crippen LogP) is 22.7. The zero-order valence-electron chi connectivity index (χ0n) is 51.0. The minimum Gasteiger partial charge on any atom is -0.462 e. The van der Waals surface area contributed by atoms with Crippen LogP contribution in [0.5, 0.6) is 0 Å². The van der Waals surface area contributed by atoms with E-state index in [1.807, 2.05) is 0 Å². The van der Waals surface area contributed by atoms with Crippen LogP contribution in [0.4, 0.5) is 0 Å². The van der Waals surface area contributed by atoms with Crippen molar-refractivity contribution >= 4 is 17.9 Å². The highest BCUT2D eigenvalue weighted by Gasteiger charge is 2.19. The van der Waals surface area contributed by atoms with E-state index in [1.165, 1.54) is 205 Å². The van der Waals surface area contributed by atoms with Crippen LogP contribution in [-0.2, 0) is 28.6 Å². The van der Waals surface area contributed by atoms with Gasteiger partial charge in [0.1, 0.15) is 13.2 Å². The van der Waals surface area contributed by atoms with Crippen molar-refractivity contribution in [3.8, 4) is 0 Å². The Bertz CT molecular complexity index is 1470. The highest BCUT2D eigenvalue weighted by atomic mass is 16.6. The van der Waals surface area contributed by atoms with Crippen molar-refractivity contribution in [1.29, 1.82) is 0 Å². The van der Waals surface area contributed by atoms with Gasteiger partial charge in [0, 0.05) is 19.3 Å². The van der Waals surface area contributed by atoms with E-state index in [4.69, 9.17) is 14.2 Å². The molecule has 0 aliphatic carbocycles. The molecule has 0 rings (SSSR count). The molecule has 77 heavy (non-hydrogen) atoms. The molecular formula is C71H124O6. The Morgan fingerprint density at radius 3 is 0.844 bits per heavy atom. The molecule has 0 aliphatic heterocycles. The van der Waals surface area contributed by atoms with Gasteiger partial charge in [-0.3, -0.25) is 14.4 Å². The van der Waals surface area contributed by atoms with E-state index < -0.39 is 6.10 Å². The zero-order valence-corrected chi connectivity index (χ0v) is 51.0. The van der Waals surface area contributed by atoms with Gasteiger partial charge in [-0.2, -0.15) is 0 Å². The molecule has 0 heterocycles. The lowest BCUT2D eigenvalue weighted by Crippen LogP contribution is -2.30. The van der Waals surface area contributed by atoms with E-state index in [2.05, 4.69) is 106 Å². The third kappa shape index (κ3) is 63.3. The number of unbranched alkanes of at least 4 members (excludes halogenated alkanes) is 35. The van der Waals surface area contributed by atoms with Crippen molar-refractivity contribution in [2.75, 3.05) is 13.2 Å². The number of ether oxygens (including phenoxy) is 3. The van der Waals surface area contributed by atoms with Crippen molar-refractivity contribution in [3.05, 3.63) is 85.1 Å². The molecule has 1 atom stereocenters. The smallest absolute Gasteiger partial charge is 0.306 e. The van der Waals surface area contributed by atoms with Gasteiger partial charge in [-0.25, -0.2) is 0 Å². The Labute approximate surface area is 477 Å². The maximum Gasteiger partial charge on any atom is 0.306 e. The van der Waals surface area contributed by atoms with Gasteiger partial charge in [0.05, 0.1) is 0 Å². The highest BCUT2D eigenvalue weighted by Crippen LogP contribution is 2.16. The Kier molecular flexibility index (Phi) is 62.2. The molecule has 1 unspecified atom stereocenters. The summed E-state index contributed by atoms with van der Waals surface area (Å²) in [5.41, 5.74) is 0. The second kappa shape index (κ2) is 65.1. The monoisotopic (exact) mass is 1070 g/mol. The van der Waals surface area contributed by atoms with Crippen LogP contribution in [0, 0.1) is 0 Å². The molecule has 0 bridgehead atoms. The van der Waals surface area contributed by atoms with Crippen molar-refractivity contribution in [3.63, 3.8) is 0 Å². The third-order valence-corrected chi connectivity index (χ3v) is 14.4. The fourth-order valence-electron chi connectivity index (χ4n) is 9.41. The number of hydrogen-bond donors (Lipinski definition) is 0. The number of hydrogen-bond acceptors (Lipinski definition) is 6. The molecule has 0 aromatic rings. The molecule has 0 aliphatic rings. The van der Waals surface area contributed by atoms with Crippen LogP contribution >= 0.6 is 0 Å². The van der Waals surface area contributed by atoms with Crippen LogP contribution in [0.1, 0.15) is 329 Å². The molecular weight excluding hydrogens is 949 g/mol. The highest BCUT2D eigenvalue weighted by molar-refractivity contribution is 5.71. The van der Waals surface area contributed by atoms with Crippen molar-refractivity contribution in [2.24, 2.45) is 0 Å². The number of allylic oxidation sites excluding steroid dienone is 14. The normalized spacial score (nSPS) is 12.6. The Hall–Kier alpha value is -3.41. The minimum atomic E-state index is -0.809. The SMILES string of the molecule is CC/C=C\C/C=C\C/C=C\C/C=C\C/C=C\CCCC(=O)OC(COC(=O)CCCCCCCCC/C=C\CCCCCCCC)COC(=O)CCCCCCCCCCCCCCC/C=C\CCCCCCCCCC. The lowest BCUT2D eigenvalue weighted by molar-refractivity contribution is -0.167. The van der Waals surface area contributed by atoms with Crippen molar-refractivity contribution in [2.45, 2.75) is 335 Å². The van der Waals surface area contributed by atoms with Crippen LogP contribution in [-0.4, -0.2) is 37.2 Å². The molecule has 0 amide bonds. The van der Waals surface area contributed by atoms with Crippen LogP contribution in [0.15, 0.2) is 85.1 Å². The first-order valence-corrected chi connectivity index (χ1v) is 33.1. The standard InChI is InChI=1S/C71H124O6/c1-4-7-10-13-16-19-22-25-28-31-32-33-34-35-36-37-38-41-43-46-49-52-55-58-61-64-70(73)76-67-68(77-71(74)65-62-59-56-53-50-47-44-40-30-27-24-21-18-15-12-9-6-3)66-75-69(72)63-60-57-54-51-48-45-42-39-29-26-23-20-17-14-11-8-5-2/h9,12,18,21,26-27,29-32,44,47,53,56,68H,4-8,10-11,13-17,19-20,22-25,28,33-43,45-46,48-52,54-55,57-67H2,1-3H3/b12-9-,21-18-,29-26-,30-27-,32-31-,47-44-,56-53-. The predicted molar refractivity (Wildman–Crippen MR) is 334 cm³/mol. The van der Waals surface area contributed by atoms with Gasteiger partial charge in [-0.05, 0) is 109 Å². The average molecular weight is 1070 g/mol. The number of esters is 3. The molecule has 6 heteroatoms. The summed E-state index contributed by atoms with van der Waals surface area (Å²) in [6.45, 7) is 6.51. The molecule has 0 saturated carbocycles. The molecule has 0 N–H and O–H groups in total. The maximum atomic E-state index is 12.9. The lowest BCUT2D eigenvalue weighted by Gasteiger charge is -2.18. The molecule has 6 nitrogen and oxygen atoms in total. The Morgan fingerprint density at radius 1 is 0.273 bits per heavy atom. The van der Waals surface area contributed by atoms with E-state index in [-0.39, 0.29) is 37.5 Å².